The monoisotopic (exact) mass is 620 g/mol. The standard InChI is InChI=1S/C30H22BrFN2O5S/c1-3-38-29(37)25-26(18-7-5-4-6-8-18)33-30-34(27(25)19-9-12-22(32)13-10-19)28(36)24(40-30)16-20-15-21(31)11-14-23(20)39-17(2)35/h4-16,27H,3H2,1-2H3/b24-16-/t27-/m0/s1. The molecule has 4 aromatic rings. The molecule has 0 bridgehead atoms. The van der Waals surface area contributed by atoms with E-state index in [1.54, 1.807) is 31.2 Å². The molecule has 5 rings (SSSR count). The number of rotatable bonds is 6. The van der Waals surface area contributed by atoms with Gasteiger partial charge in [-0.25, -0.2) is 14.2 Å². The number of nitrogens with zero attached hydrogens (tertiary/aromatic N) is 2. The van der Waals surface area contributed by atoms with E-state index in [4.69, 9.17) is 14.5 Å². The first-order valence-corrected chi connectivity index (χ1v) is 13.9. The number of thiazole rings is 1. The molecule has 7 nitrogen and oxygen atoms in total. The van der Waals surface area contributed by atoms with E-state index in [0.717, 1.165) is 15.8 Å². The fourth-order valence-electron chi connectivity index (χ4n) is 4.42. The van der Waals surface area contributed by atoms with Crippen molar-refractivity contribution >= 4 is 51.0 Å². The Hall–Kier alpha value is -4.15. The highest BCUT2D eigenvalue weighted by atomic mass is 79.9. The number of carbonyl (C=O) groups excluding carboxylic acids is 2. The SMILES string of the molecule is CCOC(=O)C1=C(c2ccccc2)N=c2s/c(=C\c3cc(Br)ccc3OC(C)=O)c(=O)n2[C@H]1c1ccc(F)cc1. The van der Waals surface area contributed by atoms with Crippen LogP contribution in [0.3, 0.4) is 0 Å². The molecule has 40 heavy (non-hydrogen) atoms. The molecule has 0 saturated heterocycles. The maximum atomic E-state index is 14.0. The quantitative estimate of drug-likeness (QED) is 0.229. The number of benzene rings is 3. The summed E-state index contributed by atoms with van der Waals surface area (Å²) in [6.07, 6.45) is 1.62. The van der Waals surface area contributed by atoms with Gasteiger partial charge in [0.1, 0.15) is 11.6 Å². The highest BCUT2D eigenvalue weighted by molar-refractivity contribution is 9.10. The number of hydrogen-bond acceptors (Lipinski definition) is 7. The van der Waals surface area contributed by atoms with Crippen LogP contribution in [0.2, 0.25) is 0 Å². The third-order valence-electron chi connectivity index (χ3n) is 6.07. The minimum absolute atomic E-state index is 0.118. The van der Waals surface area contributed by atoms with Gasteiger partial charge in [-0.15, -0.1) is 0 Å². The summed E-state index contributed by atoms with van der Waals surface area (Å²) in [5, 5.41) is 0. The van der Waals surface area contributed by atoms with Crippen molar-refractivity contribution in [3.8, 4) is 5.75 Å². The molecule has 1 atom stereocenters. The van der Waals surface area contributed by atoms with E-state index in [0.29, 0.717) is 31.7 Å². The van der Waals surface area contributed by atoms with Crippen molar-refractivity contribution in [1.82, 2.24) is 4.57 Å². The van der Waals surface area contributed by atoms with E-state index in [1.165, 1.54) is 35.8 Å². The lowest BCUT2D eigenvalue weighted by Crippen LogP contribution is -2.40. The molecular formula is C30H22BrFN2O5S. The number of carbonyl (C=O) groups is 2. The minimum atomic E-state index is -0.927. The number of hydrogen-bond donors (Lipinski definition) is 0. The lowest BCUT2D eigenvalue weighted by Gasteiger charge is -2.25. The molecule has 0 amide bonds. The second kappa shape index (κ2) is 11.5. The van der Waals surface area contributed by atoms with Crippen LogP contribution in [0.1, 0.15) is 36.6 Å². The Morgan fingerprint density at radius 1 is 1.10 bits per heavy atom. The molecule has 1 aliphatic rings. The summed E-state index contributed by atoms with van der Waals surface area (Å²) in [6, 6.07) is 18.9. The van der Waals surface area contributed by atoms with Crippen LogP contribution in [0.5, 0.6) is 5.75 Å². The van der Waals surface area contributed by atoms with Gasteiger partial charge in [0.25, 0.3) is 5.56 Å². The zero-order valence-electron chi connectivity index (χ0n) is 21.4. The van der Waals surface area contributed by atoms with Crippen LogP contribution in [0.4, 0.5) is 4.39 Å². The van der Waals surface area contributed by atoms with Crippen molar-refractivity contribution in [3.63, 3.8) is 0 Å². The summed E-state index contributed by atoms with van der Waals surface area (Å²) in [6.45, 7) is 3.11. The van der Waals surface area contributed by atoms with Gasteiger partial charge in [0, 0.05) is 22.5 Å². The van der Waals surface area contributed by atoms with Crippen LogP contribution in [0.15, 0.2) is 92.6 Å². The lowest BCUT2D eigenvalue weighted by molar-refractivity contribution is -0.139. The largest absolute Gasteiger partial charge is 0.463 e. The van der Waals surface area contributed by atoms with Gasteiger partial charge in [-0.2, -0.15) is 0 Å². The van der Waals surface area contributed by atoms with Crippen molar-refractivity contribution in [2.75, 3.05) is 6.61 Å². The van der Waals surface area contributed by atoms with Gasteiger partial charge in [0.2, 0.25) is 0 Å². The van der Waals surface area contributed by atoms with E-state index in [-0.39, 0.29) is 17.9 Å². The maximum absolute atomic E-state index is 14.0. The van der Waals surface area contributed by atoms with Crippen molar-refractivity contribution in [2.24, 2.45) is 4.99 Å². The average molecular weight is 621 g/mol. The van der Waals surface area contributed by atoms with Crippen LogP contribution in [-0.2, 0) is 14.3 Å². The normalized spacial score (nSPS) is 14.9. The average Bonchev–Trinajstić information content (AvgIpc) is 3.24. The molecule has 0 saturated carbocycles. The Balaban J connectivity index is 1.82. The Morgan fingerprint density at radius 3 is 2.50 bits per heavy atom. The molecule has 0 radical (unpaired) electrons. The Kier molecular flexibility index (Phi) is 7.90. The lowest BCUT2D eigenvalue weighted by atomic mass is 9.93. The summed E-state index contributed by atoms with van der Waals surface area (Å²) < 4.78 is 27.1. The van der Waals surface area contributed by atoms with Gasteiger partial charge in [-0.3, -0.25) is 14.2 Å². The topological polar surface area (TPSA) is 87.0 Å². The molecule has 1 aromatic heterocycles. The molecule has 2 heterocycles. The van der Waals surface area contributed by atoms with Crippen molar-refractivity contribution in [2.45, 2.75) is 19.9 Å². The summed E-state index contributed by atoms with van der Waals surface area (Å²) >= 11 is 4.55. The number of aromatic nitrogens is 1. The van der Waals surface area contributed by atoms with Crippen LogP contribution < -0.4 is 19.6 Å². The first-order valence-electron chi connectivity index (χ1n) is 12.3. The molecule has 10 heteroatoms. The number of fused-ring (bicyclic) bond motifs is 1. The fraction of sp³-hybridized carbons (Fsp3) is 0.133. The second-order valence-corrected chi connectivity index (χ2v) is 10.7. The van der Waals surface area contributed by atoms with Crippen molar-refractivity contribution in [1.29, 1.82) is 0 Å². The van der Waals surface area contributed by atoms with E-state index in [2.05, 4.69) is 15.9 Å². The molecule has 0 unspecified atom stereocenters. The van der Waals surface area contributed by atoms with Crippen LogP contribution in [-0.4, -0.2) is 23.1 Å². The zero-order valence-corrected chi connectivity index (χ0v) is 23.8. The fourth-order valence-corrected chi connectivity index (χ4v) is 5.79. The number of halogens is 2. The molecule has 0 spiro atoms. The molecule has 0 N–H and O–H groups in total. The first-order chi connectivity index (χ1) is 19.3. The van der Waals surface area contributed by atoms with Gasteiger partial charge >= 0.3 is 11.9 Å². The first kappa shape index (κ1) is 27.4. The highest BCUT2D eigenvalue weighted by Crippen LogP contribution is 2.35. The molecule has 0 aliphatic carbocycles. The summed E-state index contributed by atoms with van der Waals surface area (Å²) in [7, 11) is 0. The van der Waals surface area contributed by atoms with Crippen molar-refractivity contribution < 1.29 is 23.5 Å². The van der Waals surface area contributed by atoms with Gasteiger partial charge in [-0.1, -0.05) is 69.7 Å². The molecular weight excluding hydrogens is 599 g/mol. The predicted octanol–water partition coefficient (Wildman–Crippen LogP) is 4.76. The van der Waals surface area contributed by atoms with Crippen LogP contribution in [0, 0.1) is 5.82 Å². The van der Waals surface area contributed by atoms with Crippen LogP contribution >= 0.6 is 27.3 Å². The third-order valence-corrected chi connectivity index (χ3v) is 7.55. The molecule has 1 aliphatic heterocycles. The van der Waals surface area contributed by atoms with Gasteiger partial charge in [0.05, 0.1) is 28.5 Å². The van der Waals surface area contributed by atoms with Gasteiger partial charge < -0.3 is 9.47 Å². The highest BCUT2D eigenvalue weighted by Gasteiger charge is 2.35. The minimum Gasteiger partial charge on any atom is -0.463 e. The molecule has 202 valence electrons. The summed E-state index contributed by atoms with van der Waals surface area (Å²) in [5.74, 6) is -1.29. The molecule has 0 fully saturated rings. The zero-order chi connectivity index (χ0) is 28.4. The second-order valence-electron chi connectivity index (χ2n) is 8.76. The van der Waals surface area contributed by atoms with E-state index >= 15 is 0 Å². The van der Waals surface area contributed by atoms with Crippen molar-refractivity contribution in [3.05, 3.63) is 125 Å². The van der Waals surface area contributed by atoms with E-state index < -0.39 is 29.4 Å². The number of ether oxygens (including phenoxy) is 2. The molecule has 3 aromatic carbocycles. The van der Waals surface area contributed by atoms with Gasteiger partial charge in [-0.05, 0) is 48.9 Å². The van der Waals surface area contributed by atoms with Crippen LogP contribution in [0.25, 0.3) is 11.8 Å². The summed E-state index contributed by atoms with van der Waals surface area (Å²) in [4.78, 5) is 44.2. The van der Waals surface area contributed by atoms with Gasteiger partial charge in [0.15, 0.2) is 4.80 Å². The third kappa shape index (κ3) is 5.45. The Bertz CT molecular complexity index is 1830. The predicted molar refractivity (Wildman–Crippen MR) is 153 cm³/mol. The van der Waals surface area contributed by atoms with E-state index in [9.17, 15) is 18.8 Å². The van der Waals surface area contributed by atoms with E-state index in [1.807, 2.05) is 30.3 Å². The summed E-state index contributed by atoms with van der Waals surface area (Å²) in [5.41, 5.74) is 1.80. The Labute approximate surface area is 240 Å². The maximum Gasteiger partial charge on any atom is 0.338 e. The number of esters is 2. The smallest absolute Gasteiger partial charge is 0.338 e. The Morgan fingerprint density at radius 2 is 1.82 bits per heavy atom.